The van der Waals surface area contributed by atoms with Crippen LogP contribution in [0.3, 0.4) is 0 Å². The lowest BCUT2D eigenvalue weighted by molar-refractivity contribution is -0.118. The minimum Gasteiger partial charge on any atom is -0.492 e. The van der Waals surface area contributed by atoms with E-state index in [1.54, 1.807) is 0 Å². The van der Waals surface area contributed by atoms with Crippen molar-refractivity contribution in [1.29, 1.82) is 0 Å². The lowest BCUT2D eigenvalue weighted by atomic mass is 9.80. The van der Waals surface area contributed by atoms with Gasteiger partial charge in [-0.05, 0) is 51.6 Å². The highest BCUT2D eigenvalue weighted by Crippen LogP contribution is 2.37. The van der Waals surface area contributed by atoms with Crippen LogP contribution in [0, 0.1) is 0 Å². The van der Waals surface area contributed by atoms with Crippen LogP contribution in [-0.2, 0) is 10.3 Å². The molecular formula is C30H53N3O2. The Labute approximate surface area is 217 Å². The van der Waals surface area contributed by atoms with Crippen molar-refractivity contribution in [3.05, 3.63) is 60.2 Å². The van der Waals surface area contributed by atoms with Crippen LogP contribution in [0.4, 0.5) is 5.69 Å². The number of ether oxygens (including phenoxy) is 1. The van der Waals surface area contributed by atoms with E-state index in [4.69, 9.17) is 4.74 Å². The number of likely N-dealkylation sites (tertiary alicyclic amines) is 1. The summed E-state index contributed by atoms with van der Waals surface area (Å²) in [7, 11) is 4.31. The molecule has 5 heteroatoms. The zero-order chi connectivity index (χ0) is 26.7. The van der Waals surface area contributed by atoms with Crippen LogP contribution in [0.1, 0.15) is 74.7 Å². The van der Waals surface area contributed by atoms with Crippen molar-refractivity contribution in [1.82, 2.24) is 9.80 Å². The van der Waals surface area contributed by atoms with Gasteiger partial charge in [-0.1, -0.05) is 90.4 Å². The van der Waals surface area contributed by atoms with Gasteiger partial charge in [0.15, 0.2) is 0 Å². The third-order valence-corrected chi connectivity index (χ3v) is 5.68. The molecule has 0 bridgehead atoms. The number of nitrogens with zero attached hydrogens (tertiary/aromatic N) is 2. The van der Waals surface area contributed by atoms with Crippen LogP contribution >= 0.6 is 0 Å². The van der Waals surface area contributed by atoms with Gasteiger partial charge in [0.1, 0.15) is 5.75 Å². The Bertz CT molecular complexity index is 792. The first-order valence-electron chi connectivity index (χ1n) is 13.4. The number of carbonyl (C=O) groups excluding carboxylic acids is 1. The first-order chi connectivity index (χ1) is 17.0. The molecule has 35 heavy (non-hydrogen) atoms. The predicted octanol–water partition coefficient (Wildman–Crippen LogP) is 7.29. The van der Waals surface area contributed by atoms with E-state index >= 15 is 0 Å². The van der Waals surface area contributed by atoms with E-state index in [2.05, 4.69) is 73.4 Å². The number of nitrogens with one attached hydrogen (secondary N) is 1. The molecule has 1 N–H and O–H groups in total. The van der Waals surface area contributed by atoms with Crippen LogP contribution < -0.4 is 10.1 Å². The molecule has 200 valence electrons. The molecule has 1 fully saturated rings. The summed E-state index contributed by atoms with van der Waals surface area (Å²) in [6.45, 7) is 17.0. The molecule has 0 saturated carbocycles. The van der Waals surface area contributed by atoms with Crippen LogP contribution in [0.2, 0.25) is 0 Å². The van der Waals surface area contributed by atoms with Gasteiger partial charge >= 0.3 is 0 Å². The fourth-order valence-corrected chi connectivity index (χ4v) is 4.07. The van der Waals surface area contributed by atoms with Gasteiger partial charge in [-0.2, -0.15) is 0 Å². The van der Waals surface area contributed by atoms with Crippen molar-refractivity contribution < 1.29 is 11.0 Å². The van der Waals surface area contributed by atoms with Gasteiger partial charge in [0.05, 0.1) is 18.8 Å². The molecule has 0 atom stereocenters. The van der Waals surface area contributed by atoms with E-state index in [0.717, 1.165) is 31.6 Å². The summed E-state index contributed by atoms with van der Waals surface area (Å²) in [6, 6.07) is 18.3. The van der Waals surface area contributed by atoms with Crippen molar-refractivity contribution >= 4 is 11.6 Å². The summed E-state index contributed by atoms with van der Waals surface area (Å²) in [5, 5.41) is 3.00. The van der Waals surface area contributed by atoms with Gasteiger partial charge in [0.25, 0.3) is 0 Å². The topological polar surface area (TPSA) is 44.8 Å². The van der Waals surface area contributed by atoms with E-state index in [1.165, 1.54) is 12.0 Å². The molecule has 1 aliphatic heterocycles. The molecule has 0 aliphatic carbocycles. The maximum absolute atomic E-state index is 12.6. The summed E-state index contributed by atoms with van der Waals surface area (Å²) in [5.74, 6) is 0.719. The van der Waals surface area contributed by atoms with E-state index in [9.17, 15) is 4.79 Å². The van der Waals surface area contributed by atoms with Crippen molar-refractivity contribution in [3.8, 4) is 5.75 Å². The Balaban J connectivity index is 0. The largest absolute Gasteiger partial charge is 0.492 e. The molecule has 2 aromatic carbocycles. The molecule has 1 heterocycles. The Morgan fingerprint density at radius 3 is 1.97 bits per heavy atom. The SMILES string of the molecule is CC.CC.CCC.CCOc1ccccc1NC(=O)CN1CCC(c2ccccc2)(N(C)C)CC1.[HH]. The van der Waals surface area contributed by atoms with Crippen molar-refractivity contribution in [2.75, 3.05) is 45.7 Å². The number of rotatable bonds is 7. The van der Waals surface area contributed by atoms with Gasteiger partial charge in [0.2, 0.25) is 5.91 Å². The molecule has 0 radical (unpaired) electrons. The van der Waals surface area contributed by atoms with Gasteiger partial charge in [0, 0.05) is 20.1 Å². The maximum Gasteiger partial charge on any atom is 0.238 e. The third-order valence-electron chi connectivity index (χ3n) is 5.68. The zero-order valence-corrected chi connectivity index (χ0v) is 23.9. The molecule has 5 nitrogen and oxygen atoms in total. The summed E-state index contributed by atoms with van der Waals surface area (Å²) in [5.41, 5.74) is 2.13. The Morgan fingerprint density at radius 2 is 1.46 bits per heavy atom. The van der Waals surface area contributed by atoms with Crippen LogP contribution in [0.15, 0.2) is 54.6 Å². The minimum atomic E-state index is 0. The number of anilines is 1. The number of carbonyl (C=O) groups is 1. The van der Waals surface area contributed by atoms with E-state index in [-0.39, 0.29) is 12.9 Å². The number of para-hydroxylation sites is 2. The first-order valence-corrected chi connectivity index (χ1v) is 13.4. The average molecular weight is 488 g/mol. The van der Waals surface area contributed by atoms with E-state index < -0.39 is 0 Å². The molecule has 3 rings (SSSR count). The molecule has 0 spiro atoms. The summed E-state index contributed by atoms with van der Waals surface area (Å²) in [6.07, 6.45) is 3.26. The minimum absolute atomic E-state index is 0. The van der Waals surface area contributed by atoms with E-state index in [1.807, 2.05) is 58.9 Å². The van der Waals surface area contributed by atoms with Gasteiger partial charge in [-0.15, -0.1) is 0 Å². The van der Waals surface area contributed by atoms with Crippen molar-refractivity contribution in [2.45, 2.75) is 73.3 Å². The highest BCUT2D eigenvalue weighted by molar-refractivity contribution is 5.93. The predicted molar refractivity (Wildman–Crippen MR) is 154 cm³/mol. The highest BCUT2D eigenvalue weighted by Gasteiger charge is 2.38. The molecule has 1 aliphatic rings. The lowest BCUT2D eigenvalue weighted by Crippen LogP contribution is -2.51. The fraction of sp³-hybridized carbons (Fsp3) is 0.567. The molecule has 2 aromatic rings. The Morgan fingerprint density at radius 1 is 0.943 bits per heavy atom. The monoisotopic (exact) mass is 487 g/mol. The fourth-order valence-electron chi connectivity index (χ4n) is 4.07. The Hall–Kier alpha value is -2.37. The summed E-state index contributed by atoms with van der Waals surface area (Å²) < 4.78 is 5.60. The zero-order valence-electron chi connectivity index (χ0n) is 23.9. The number of piperidine rings is 1. The number of hydrogen-bond acceptors (Lipinski definition) is 4. The van der Waals surface area contributed by atoms with Gasteiger partial charge in [-0.25, -0.2) is 0 Å². The van der Waals surface area contributed by atoms with E-state index in [0.29, 0.717) is 18.9 Å². The van der Waals surface area contributed by atoms with Crippen molar-refractivity contribution in [2.24, 2.45) is 0 Å². The third kappa shape index (κ3) is 10.4. The molecule has 0 aromatic heterocycles. The summed E-state index contributed by atoms with van der Waals surface area (Å²) in [4.78, 5) is 17.2. The second kappa shape index (κ2) is 18.9. The first kappa shape index (κ1) is 32.6. The maximum atomic E-state index is 12.6. The molecule has 1 saturated heterocycles. The highest BCUT2D eigenvalue weighted by atomic mass is 16.5. The second-order valence-corrected chi connectivity index (χ2v) is 8.25. The van der Waals surface area contributed by atoms with Crippen LogP contribution in [-0.4, -0.2) is 56.0 Å². The number of benzene rings is 2. The van der Waals surface area contributed by atoms with Gasteiger partial charge in [-0.3, -0.25) is 14.6 Å². The lowest BCUT2D eigenvalue weighted by Gasteiger charge is -2.46. The molecule has 0 unspecified atom stereocenters. The smallest absolute Gasteiger partial charge is 0.238 e. The van der Waals surface area contributed by atoms with Gasteiger partial charge < -0.3 is 10.1 Å². The second-order valence-electron chi connectivity index (χ2n) is 8.25. The number of amides is 1. The van der Waals surface area contributed by atoms with Crippen molar-refractivity contribution in [3.63, 3.8) is 0 Å². The molecular weight excluding hydrogens is 434 g/mol. The van der Waals surface area contributed by atoms with Crippen LogP contribution in [0.5, 0.6) is 5.75 Å². The average Bonchev–Trinajstić information content (AvgIpc) is 2.89. The Kier molecular flexibility index (Phi) is 17.6. The molecule has 1 amide bonds. The standard InChI is InChI=1S/C23H31N3O2.C3H8.2C2H6.H2/c1-4-28-21-13-9-8-12-20(21)24-22(27)18-26-16-14-23(15-17-26,25(2)3)19-10-6-5-7-11-19;1-3-2;2*1-2;/h5-13H,4,14-18H2,1-3H3,(H,24,27);3H2,1-2H3;2*1-2H3;1H. The number of hydrogen-bond donors (Lipinski definition) is 1. The summed E-state index contributed by atoms with van der Waals surface area (Å²) >= 11 is 0. The normalized spacial score (nSPS) is 14.2. The van der Waals surface area contributed by atoms with Crippen LogP contribution in [0.25, 0.3) is 0 Å². The quantitative estimate of drug-likeness (QED) is 0.445.